The summed E-state index contributed by atoms with van der Waals surface area (Å²) in [6, 6.07) is 7.04. The number of sulfonamides is 1. The van der Waals surface area contributed by atoms with Gasteiger partial charge in [0.1, 0.15) is 0 Å². The van der Waals surface area contributed by atoms with Crippen LogP contribution in [-0.2, 0) is 15.8 Å². The normalized spacial score (nSPS) is 20.8. The molecule has 1 atom stereocenters. The van der Waals surface area contributed by atoms with Crippen molar-refractivity contribution < 1.29 is 13.5 Å². The number of anilines is 1. The highest BCUT2D eigenvalue weighted by Crippen LogP contribution is 2.25. The third kappa shape index (κ3) is 3.46. The highest BCUT2D eigenvalue weighted by molar-refractivity contribution is 7.88. The van der Waals surface area contributed by atoms with E-state index in [0.29, 0.717) is 30.8 Å². The molecular weight excluding hydrogens is 264 g/mol. The summed E-state index contributed by atoms with van der Waals surface area (Å²) in [5.74, 6) is 0.221. The average Bonchev–Trinajstić information content (AvgIpc) is 2.82. The molecule has 1 heterocycles. The number of aliphatic hydroxyl groups excluding tert-OH is 1. The van der Waals surface area contributed by atoms with Gasteiger partial charge in [0.2, 0.25) is 10.0 Å². The minimum Gasteiger partial charge on any atom is -0.398 e. The Hall–Kier alpha value is -1.11. The maximum absolute atomic E-state index is 12.3. The number of nitrogens with zero attached hydrogens (tertiary/aromatic N) is 1. The Morgan fingerprint density at radius 3 is 2.79 bits per heavy atom. The number of nitrogen functional groups attached to an aromatic ring is 1. The van der Waals surface area contributed by atoms with Gasteiger partial charge in [0, 0.05) is 25.4 Å². The van der Waals surface area contributed by atoms with E-state index >= 15 is 0 Å². The van der Waals surface area contributed by atoms with Crippen LogP contribution in [0, 0.1) is 5.92 Å². The summed E-state index contributed by atoms with van der Waals surface area (Å²) >= 11 is 0. The summed E-state index contributed by atoms with van der Waals surface area (Å²) in [4.78, 5) is 0. The highest BCUT2D eigenvalue weighted by Gasteiger charge is 2.31. The van der Waals surface area contributed by atoms with Crippen molar-refractivity contribution in [3.8, 4) is 0 Å². The number of aliphatic hydroxyl groups is 1. The monoisotopic (exact) mass is 284 g/mol. The molecule has 0 radical (unpaired) electrons. The summed E-state index contributed by atoms with van der Waals surface area (Å²) < 4.78 is 26.1. The Balaban J connectivity index is 2.06. The summed E-state index contributed by atoms with van der Waals surface area (Å²) in [6.45, 7) is 1.17. The van der Waals surface area contributed by atoms with E-state index in [0.717, 1.165) is 6.42 Å². The third-order valence-corrected chi connectivity index (χ3v) is 5.37. The fraction of sp³-hybridized carbons (Fsp3) is 0.538. The first-order valence-electron chi connectivity index (χ1n) is 6.45. The fourth-order valence-electron chi connectivity index (χ4n) is 2.42. The van der Waals surface area contributed by atoms with Crippen LogP contribution in [0.3, 0.4) is 0 Å². The lowest BCUT2D eigenvalue weighted by Gasteiger charge is -2.17. The van der Waals surface area contributed by atoms with E-state index in [1.807, 2.05) is 0 Å². The van der Waals surface area contributed by atoms with Gasteiger partial charge in [0.25, 0.3) is 0 Å². The van der Waals surface area contributed by atoms with Gasteiger partial charge in [0.15, 0.2) is 0 Å². The molecule has 3 N–H and O–H groups in total. The zero-order valence-corrected chi connectivity index (χ0v) is 11.6. The number of nitrogens with two attached hydrogens (primary N) is 1. The van der Waals surface area contributed by atoms with Gasteiger partial charge in [0.05, 0.1) is 5.75 Å². The molecule has 0 saturated carbocycles. The molecule has 1 aromatic carbocycles. The minimum absolute atomic E-state index is 0.0501. The number of benzene rings is 1. The molecule has 1 unspecified atom stereocenters. The molecule has 1 fully saturated rings. The van der Waals surface area contributed by atoms with Gasteiger partial charge in [-0.15, -0.1) is 0 Å². The third-order valence-electron chi connectivity index (χ3n) is 3.57. The summed E-state index contributed by atoms with van der Waals surface area (Å²) in [5, 5.41) is 8.90. The number of para-hydroxylation sites is 1. The molecular formula is C13H20N2O3S. The summed E-state index contributed by atoms with van der Waals surface area (Å²) in [6.07, 6.45) is 1.49. The number of rotatable bonds is 5. The van der Waals surface area contributed by atoms with Gasteiger partial charge in [-0.25, -0.2) is 12.7 Å². The van der Waals surface area contributed by atoms with Gasteiger partial charge in [-0.1, -0.05) is 18.2 Å². The lowest BCUT2D eigenvalue weighted by Crippen LogP contribution is -2.30. The molecule has 0 aliphatic carbocycles. The molecule has 5 nitrogen and oxygen atoms in total. The molecule has 0 spiro atoms. The molecule has 1 saturated heterocycles. The molecule has 0 bridgehead atoms. The van der Waals surface area contributed by atoms with E-state index in [-0.39, 0.29) is 18.3 Å². The molecule has 1 aliphatic heterocycles. The second-order valence-electron chi connectivity index (χ2n) is 4.98. The van der Waals surface area contributed by atoms with Crippen LogP contribution in [0.15, 0.2) is 24.3 Å². The van der Waals surface area contributed by atoms with Crippen molar-refractivity contribution in [2.24, 2.45) is 5.92 Å². The first-order chi connectivity index (χ1) is 9.03. The van der Waals surface area contributed by atoms with Crippen molar-refractivity contribution in [1.82, 2.24) is 4.31 Å². The second-order valence-corrected chi connectivity index (χ2v) is 6.95. The molecule has 2 rings (SSSR count). The molecule has 1 aromatic rings. The largest absolute Gasteiger partial charge is 0.398 e. The van der Waals surface area contributed by atoms with Gasteiger partial charge < -0.3 is 10.8 Å². The molecule has 0 aromatic heterocycles. The van der Waals surface area contributed by atoms with E-state index < -0.39 is 10.0 Å². The number of hydrogen-bond acceptors (Lipinski definition) is 4. The smallest absolute Gasteiger partial charge is 0.218 e. The Morgan fingerprint density at radius 1 is 1.37 bits per heavy atom. The predicted molar refractivity (Wildman–Crippen MR) is 74.9 cm³/mol. The summed E-state index contributed by atoms with van der Waals surface area (Å²) in [5.41, 5.74) is 6.94. The van der Waals surface area contributed by atoms with Crippen LogP contribution in [0.1, 0.15) is 18.4 Å². The average molecular weight is 284 g/mol. The van der Waals surface area contributed by atoms with Crippen LogP contribution in [0.25, 0.3) is 0 Å². The van der Waals surface area contributed by atoms with E-state index in [1.54, 1.807) is 24.3 Å². The van der Waals surface area contributed by atoms with Crippen LogP contribution in [-0.4, -0.2) is 37.5 Å². The van der Waals surface area contributed by atoms with Crippen LogP contribution in [0.5, 0.6) is 0 Å². The van der Waals surface area contributed by atoms with Gasteiger partial charge in [-0.2, -0.15) is 0 Å². The molecule has 6 heteroatoms. The maximum atomic E-state index is 12.3. The quantitative estimate of drug-likeness (QED) is 0.784. The van der Waals surface area contributed by atoms with E-state index in [1.165, 1.54) is 4.31 Å². The maximum Gasteiger partial charge on any atom is 0.218 e. The molecule has 1 aliphatic rings. The Kier molecular flexibility index (Phi) is 4.44. The zero-order valence-electron chi connectivity index (χ0n) is 10.8. The van der Waals surface area contributed by atoms with Crippen LogP contribution in [0.4, 0.5) is 5.69 Å². The first kappa shape index (κ1) is 14.3. The zero-order chi connectivity index (χ0) is 13.9. The fourth-order valence-corrected chi connectivity index (χ4v) is 4.08. The first-order valence-corrected chi connectivity index (χ1v) is 8.06. The van der Waals surface area contributed by atoms with E-state index in [9.17, 15) is 8.42 Å². The van der Waals surface area contributed by atoms with Crippen molar-refractivity contribution in [2.45, 2.75) is 18.6 Å². The van der Waals surface area contributed by atoms with Crippen molar-refractivity contribution in [3.05, 3.63) is 29.8 Å². The van der Waals surface area contributed by atoms with E-state index in [4.69, 9.17) is 10.8 Å². The van der Waals surface area contributed by atoms with Crippen molar-refractivity contribution in [2.75, 3.05) is 25.4 Å². The lowest BCUT2D eigenvalue weighted by molar-refractivity contribution is 0.259. The summed E-state index contributed by atoms with van der Waals surface area (Å²) in [7, 11) is -3.32. The minimum atomic E-state index is -3.32. The Morgan fingerprint density at radius 2 is 2.11 bits per heavy atom. The van der Waals surface area contributed by atoms with Crippen LogP contribution in [0.2, 0.25) is 0 Å². The van der Waals surface area contributed by atoms with E-state index in [2.05, 4.69) is 0 Å². The van der Waals surface area contributed by atoms with Crippen molar-refractivity contribution in [3.63, 3.8) is 0 Å². The molecule has 106 valence electrons. The SMILES string of the molecule is Nc1ccccc1CS(=O)(=O)N1CCC(CCO)C1. The topological polar surface area (TPSA) is 83.6 Å². The predicted octanol–water partition coefficient (Wildman–Crippen LogP) is 0.803. The molecule has 19 heavy (non-hydrogen) atoms. The number of hydrogen-bond donors (Lipinski definition) is 2. The highest BCUT2D eigenvalue weighted by atomic mass is 32.2. The van der Waals surface area contributed by atoms with Crippen LogP contribution < -0.4 is 5.73 Å². The van der Waals surface area contributed by atoms with Gasteiger partial charge in [-0.05, 0) is 30.4 Å². The van der Waals surface area contributed by atoms with Crippen LogP contribution >= 0.6 is 0 Å². The molecule has 0 amide bonds. The Bertz CT molecular complexity index is 530. The lowest BCUT2D eigenvalue weighted by atomic mass is 10.1. The standard InChI is InChI=1S/C13H20N2O3S/c14-13-4-2-1-3-12(13)10-19(17,18)15-7-5-11(9-15)6-8-16/h1-4,11,16H,5-10,14H2. The van der Waals surface area contributed by atoms with Gasteiger partial charge in [-0.3, -0.25) is 0 Å². The van der Waals surface area contributed by atoms with Gasteiger partial charge >= 0.3 is 0 Å². The van der Waals surface area contributed by atoms with Crippen molar-refractivity contribution >= 4 is 15.7 Å². The van der Waals surface area contributed by atoms with Crippen molar-refractivity contribution in [1.29, 1.82) is 0 Å². The Labute approximate surface area is 114 Å². The second kappa shape index (κ2) is 5.90.